The van der Waals surface area contributed by atoms with E-state index in [-0.39, 0.29) is 17.7 Å². The minimum atomic E-state index is -0.346. The van der Waals surface area contributed by atoms with Gasteiger partial charge in [-0.3, -0.25) is 10.8 Å². The lowest BCUT2D eigenvalue weighted by atomic mass is 10.2. The Balaban J connectivity index is 1.81. The molecule has 6 N–H and O–H groups in total. The number of hydrogen-bond acceptors (Lipinski definition) is 5. The van der Waals surface area contributed by atoms with Crippen molar-refractivity contribution in [3.05, 3.63) is 60.2 Å². The molecular weight excluding hydrogens is 332 g/mol. The minimum absolute atomic E-state index is 0.0605. The summed E-state index contributed by atoms with van der Waals surface area (Å²) in [5, 5.41) is 15.0. The summed E-state index contributed by atoms with van der Waals surface area (Å²) < 4.78 is 2.80. The minimum Gasteiger partial charge on any atom is -0.384 e. The third-order valence-corrected chi connectivity index (χ3v) is 4.13. The first-order valence-electron chi connectivity index (χ1n) is 7.63. The first kappa shape index (κ1) is 15.5. The Morgan fingerprint density at radius 1 is 0.808 bits per heavy atom. The van der Waals surface area contributed by atoms with Crippen LogP contribution in [-0.4, -0.2) is 36.8 Å². The number of rotatable bonds is 2. The summed E-state index contributed by atoms with van der Waals surface area (Å²) in [5.41, 5.74) is 14.4. The number of benzene rings is 2. The average molecular weight is 346 g/mol. The summed E-state index contributed by atoms with van der Waals surface area (Å²) >= 11 is 0. The SMILES string of the molecule is N=C(N)c1ccc2c(c1)ncn2C(=O)n1cnc2cc(C(=N)N)ccc21. The van der Waals surface area contributed by atoms with Gasteiger partial charge in [-0.25, -0.2) is 23.9 Å². The molecule has 0 amide bonds. The van der Waals surface area contributed by atoms with Crippen LogP contribution in [0.5, 0.6) is 0 Å². The Kier molecular flexibility index (Phi) is 3.29. The van der Waals surface area contributed by atoms with Crippen molar-refractivity contribution in [3.8, 4) is 0 Å². The molecule has 4 aromatic rings. The topological polar surface area (TPSA) is 152 Å². The van der Waals surface area contributed by atoms with Crippen molar-refractivity contribution in [2.24, 2.45) is 11.5 Å². The molecule has 9 nitrogen and oxygen atoms in total. The summed E-state index contributed by atoms with van der Waals surface area (Å²) in [6, 6.07) is 9.71. The molecule has 2 heterocycles. The lowest BCUT2D eigenvalue weighted by molar-refractivity contribution is 0.245. The van der Waals surface area contributed by atoms with Crippen LogP contribution in [0.1, 0.15) is 11.1 Å². The fourth-order valence-electron chi connectivity index (χ4n) is 2.78. The number of nitrogen functional groups attached to an aromatic ring is 2. The van der Waals surface area contributed by atoms with Crippen LogP contribution in [0.15, 0.2) is 49.1 Å². The second-order valence-electron chi connectivity index (χ2n) is 5.75. The molecule has 0 saturated carbocycles. The lowest BCUT2D eigenvalue weighted by Crippen LogP contribution is -2.18. The molecular formula is C17H14N8O. The van der Waals surface area contributed by atoms with Gasteiger partial charge in [0.05, 0.1) is 22.1 Å². The number of imidazole rings is 2. The van der Waals surface area contributed by atoms with Gasteiger partial charge in [0.25, 0.3) is 0 Å². The molecule has 26 heavy (non-hydrogen) atoms. The third kappa shape index (κ3) is 2.30. The van der Waals surface area contributed by atoms with Crippen LogP contribution in [0.4, 0.5) is 4.79 Å². The van der Waals surface area contributed by atoms with E-state index in [4.69, 9.17) is 22.3 Å². The number of nitrogens with one attached hydrogen (secondary N) is 2. The van der Waals surface area contributed by atoms with Gasteiger partial charge in [-0.15, -0.1) is 0 Å². The standard InChI is InChI=1S/C17H14N8O/c18-15(19)9-1-3-13-11(5-9)22-7-24(13)17(26)25-8-23-12-6-10(16(20)21)2-4-14(12)25/h1-8H,(H3,18,19)(H3,20,21). The van der Waals surface area contributed by atoms with Gasteiger partial charge >= 0.3 is 6.03 Å². The Bertz CT molecular complexity index is 1120. The largest absolute Gasteiger partial charge is 0.384 e. The molecule has 2 aromatic carbocycles. The zero-order valence-corrected chi connectivity index (χ0v) is 13.5. The zero-order chi connectivity index (χ0) is 18.4. The number of nitrogens with two attached hydrogens (primary N) is 2. The molecule has 0 aliphatic heterocycles. The highest BCUT2D eigenvalue weighted by Gasteiger charge is 2.16. The number of nitrogens with zero attached hydrogens (tertiary/aromatic N) is 4. The maximum atomic E-state index is 12.9. The molecule has 0 saturated heterocycles. The van der Waals surface area contributed by atoms with Gasteiger partial charge in [0.15, 0.2) is 0 Å². The third-order valence-electron chi connectivity index (χ3n) is 4.13. The number of carbonyl (C=O) groups is 1. The van der Waals surface area contributed by atoms with Gasteiger partial charge in [0.2, 0.25) is 0 Å². The molecule has 0 bridgehead atoms. The second-order valence-corrected chi connectivity index (χ2v) is 5.75. The van der Waals surface area contributed by atoms with Crippen molar-refractivity contribution in [1.82, 2.24) is 19.1 Å². The normalized spacial score (nSPS) is 11.1. The molecule has 0 radical (unpaired) electrons. The van der Waals surface area contributed by atoms with Gasteiger partial charge in [0, 0.05) is 11.1 Å². The summed E-state index contributed by atoms with van der Waals surface area (Å²) in [5.74, 6) is -0.121. The monoisotopic (exact) mass is 346 g/mol. The highest BCUT2D eigenvalue weighted by atomic mass is 16.2. The average Bonchev–Trinajstić information content (AvgIpc) is 3.24. The van der Waals surface area contributed by atoms with Crippen LogP contribution >= 0.6 is 0 Å². The number of hydrogen-bond donors (Lipinski definition) is 4. The Labute approximate surface area is 146 Å². The van der Waals surface area contributed by atoms with E-state index in [1.807, 2.05) is 0 Å². The van der Waals surface area contributed by atoms with Crippen LogP contribution in [0.3, 0.4) is 0 Å². The van der Waals surface area contributed by atoms with Gasteiger partial charge in [-0.2, -0.15) is 0 Å². The van der Waals surface area contributed by atoms with Crippen LogP contribution in [0, 0.1) is 10.8 Å². The fraction of sp³-hybridized carbons (Fsp3) is 0. The van der Waals surface area contributed by atoms with Crippen LogP contribution in [0.2, 0.25) is 0 Å². The molecule has 0 aliphatic carbocycles. The van der Waals surface area contributed by atoms with E-state index in [1.54, 1.807) is 36.4 Å². The summed E-state index contributed by atoms with van der Waals surface area (Å²) in [6.07, 6.45) is 2.85. The lowest BCUT2D eigenvalue weighted by Gasteiger charge is -2.06. The first-order chi connectivity index (χ1) is 12.5. The Morgan fingerprint density at radius 3 is 1.62 bits per heavy atom. The summed E-state index contributed by atoms with van der Waals surface area (Å²) in [6.45, 7) is 0. The molecule has 4 rings (SSSR count). The Morgan fingerprint density at radius 2 is 1.23 bits per heavy atom. The van der Waals surface area contributed by atoms with E-state index >= 15 is 0 Å². The van der Waals surface area contributed by atoms with Crippen LogP contribution in [-0.2, 0) is 0 Å². The second kappa shape index (κ2) is 5.52. The molecule has 0 aliphatic rings. The summed E-state index contributed by atoms with van der Waals surface area (Å²) in [4.78, 5) is 21.4. The molecule has 9 heteroatoms. The molecule has 0 unspecified atom stereocenters. The van der Waals surface area contributed by atoms with Crippen molar-refractivity contribution in [2.75, 3.05) is 0 Å². The van der Waals surface area contributed by atoms with E-state index in [9.17, 15) is 4.79 Å². The highest BCUT2D eigenvalue weighted by molar-refractivity contribution is 6.01. The molecule has 128 valence electrons. The van der Waals surface area contributed by atoms with E-state index < -0.39 is 0 Å². The van der Waals surface area contributed by atoms with Crippen molar-refractivity contribution in [1.29, 1.82) is 10.8 Å². The van der Waals surface area contributed by atoms with E-state index in [0.29, 0.717) is 33.2 Å². The van der Waals surface area contributed by atoms with Crippen molar-refractivity contribution in [3.63, 3.8) is 0 Å². The maximum Gasteiger partial charge on any atom is 0.339 e. The van der Waals surface area contributed by atoms with Crippen LogP contribution < -0.4 is 11.5 Å². The predicted octanol–water partition coefficient (Wildman–Crippen LogP) is 1.47. The number of fused-ring (bicyclic) bond motifs is 2. The number of carbonyl (C=O) groups excluding carboxylic acids is 1. The quantitative estimate of drug-likeness (QED) is 0.320. The maximum absolute atomic E-state index is 12.9. The van der Waals surface area contributed by atoms with E-state index in [0.717, 1.165) is 0 Å². The smallest absolute Gasteiger partial charge is 0.339 e. The summed E-state index contributed by atoms with van der Waals surface area (Å²) in [7, 11) is 0. The van der Waals surface area contributed by atoms with Gasteiger partial charge in [-0.1, -0.05) is 0 Å². The molecule has 0 fully saturated rings. The van der Waals surface area contributed by atoms with Crippen molar-refractivity contribution in [2.45, 2.75) is 0 Å². The highest BCUT2D eigenvalue weighted by Crippen LogP contribution is 2.19. The number of aromatic nitrogens is 4. The first-order valence-corrected chi connectivity index (χ1v) is 7.63. The van der Waals surface area contributed by atoms with E-state index in [1.165, 1.54) is 21.8 Å². The van der Waals surface area contributed by atoms with Gasteiger partial charge < -0.3 is 11.5 Å². The molecule has 0 atom stereocenters. The Hall–Kier alpha value is -4.01. The number of amidine groups is 2. The predicted molar refractivity (Wildman–Crippen MR) is 97.7 cm³/mol. The van der Waals surface area contributed by atoms with Crippen molar-refractivity contribution < 1.29 is 4.79 Å². The molecule has 2 aromatic heterocycles. The van der Waals surface area contributed by atoms with Gasteiger partial charge in [-0.05, 0) is 36.4 Å². The molecule has 0 spiro atoms. The van der Waals surface area contributed by atoms with Gasteiger partial charge in [0.1, 0.15) is 24.3 Å². The zero-order valence-electron chi connectivity index (χ0n) is 13.5. The van der Waals surface area contributed by atoms with Crippen LogP contribution in [0.25, 0.3) is 22.1 Å². The van der Waals surface area contributed by atoms with Crippen molar-refractivity contribution >= 4 is 39.8 Å². The fourth-order valence-corrected chi connectivity index (χ4v) is 2.78. The van der Waals surface area contributed by atoms with E-state index in [2.05, 4.69) is 9.97 Å².